The fraction of sp³-hybridized carbons (Fsp3) is 0.346. The smallest absolute Gasteiger partial charge is 0.262 e. The monoisotopic (exact) mass is 447 g/mol. The third-order valence-electron chi connectivity index (χ3n) is 5.50. The molecule has 0 heterocycles. The van der Waals surface area contributed by atoms with Gasteiger partial charge in [0.2, 0.25) is 0 Å². The number of amides is 2. The molecular formula is C26H29N3O4. The van der Waals surface area contributed by atoms with Gasteiger partial charge in [-0.25, -0.2) is 0 Å². The molecule has 0 aliphatic heterocycles. The first-order chi connectivity index (χ1) is 16.0. The van der Waals surface area contributed by atoms with Crippen LogP contribution in [0.1, 0.15) is 43.2 Å². The molecule has 0 spiro atoms. The molecule has 172 valence electrons. The van der Waals surface area contributed by atoms with Crippen molar-refractivity contribution in [3.05, 3.63) is 59.2 Å². The average molecular weight is 448 g/mol. The van der Waals surface area contributed by atoms with Crippen LogP contribution >= 0.6 is 0 Å². The highest BCUT2D eigenvalue weighted by molar-refractivity contribution is 6.01. The minimum Gasteiger partial charge on any atom is -0.493 e. The lowest BCUT2D eigenvalue weighted by atomic mass is 9.95. The van der Waals surface area contributed by atoms with Crippen LogP contribution in [0.4, 0.5) is 5.69 Å². The van der Waals surface area contributed by atoms with Crippen LogP contribution in [0.2, 0.25) is 0 Å². The highest BCUT2D eigenvalue weighted by Crippen LogP contribution is 2.29. The maximum Gasteiger partial charge on any atom is 0.262 e. The second-order valence-electron chi connectivity index (χ2n) is 8.09. The van der Waals surface area contributed by atoms with Crippen LogP contribution in [0.5, 0.6) is 11.5 Å². The maximum atomic E-state index is 12.5. The van der Waals surface area contributed by atoms with E-state index in [2.05, 4.69) is 10.6 Å². The van der Waals surface area contributed by atoms with Gasteiger partial charge in [0.05, 0.1) is 7.11 Å². The summed E-state index contributed by atoms with van der Waals surface area (Å²) in [4.78, 5) is 24.7. The number of benzene rings is 2. The summed E-state index contributed by atoms with van der Waals surface area (Å²) in [6, 6.07) is 14.6. The summed E-state index contributed by atoms with van der Waals surface area (Å²) in [6.07, 6.45) is 6.80. The van der Waals surface area contributed by atoms with Gasteiger partial charge < -0.3 is 20.1 Å². The molecule has 0 bridgehead atoms. The van der Waals surface area contributed by atoms with Crippen molar-refractivity contribution < 1.29 is 19.1 Å². The Morgan fingerprint density at radius 3 is 2.48 bits per heavy atom. The number of anilines is 1. The molecule has 2 amide bonds. The number of aryl methyl sites for hydroxylation is 1. The van der Waals surface area contributed by atoms with E-state index < -0.39 is 0 Å². The molecule has 2 N–H and O–H groups in total. The van der Waals surface area contributed by atoms with Gasteiger partial charge in [-0.1, -0.05) is 43.0 Å². The Labute approximate surface area is 194 Å². The molecule has 2 aromatic carbocycles. The second-order valence-corrected chi connectivity index (χ2v) is 8.09. The number of nitrogens with zero attached hydrogens (tertiary/aromatic N) is 1. The standard InChI is InChI=1S/C26H29N3O4/c1-18-8-11-22(12-9-18)28-25(30)17-33-23-13-10-19(15-24(23)32-2)14-20(16-27)26(31)29-21-6-4-3-5-7-21/h8-15,21H,3-7,17H2,1-2H3,(H,28,30)(H,29,31)/b20-14-. The number of methoxy groups -OCH3 is 1. The Morgan fingerprint density at radius 2 is 1.82 bits per heavy atom. The second kappa shape index (κ2) is 11.7. The highest BCUT2D eigenvalue weighted by atomic mass is 16.5. The summed E-state index contributed by atoms with van der Waals surface area (Å²) in [7, 11) is 1.49. The molecular weight excluding hydrogens is 418 g/mol. The van der Waals surface area contributed by atoms with Gasteiger partial charge in [-0.2, -0.15) is 5.26 Å². The SMILES string of the molecule is COc1cc(/C=C(/C#N)C(=O)NC2CCCCC2)ccc1OCC(=O)Nc1ccc(C)cc1. The fourth-order valence-corrected chi connectivity index (χ4v) is 3.70. The van der Waals surface area contributed by atoms with Crippen molar-refractivity contribution in [1.29, 1.82) is 5.26 Å². The molecule has 0 aromatic heterocycles. The summed E-state index contributed by atoms with van der Waals surface area (Å²) in [6.45, 7) is 1.79. The predicted octanol–water partition coefficient (Wildman–Crippen LogP) is 4.38. The van der Waals surface area contributed by atoms with E-state index >= 15 is 0 Å². The van der Waals surface area contributed by atoms with Gasteiger partial charge in [0.25, 0.3) is 11.8 Å². The number of carbonyl (C=O) groups is 2. The molecule has 7 heteroatoms. The average Bonchev–Trinajstić information content (AvgIpc) is 2.83. The third kappa shape index (κ3) is 7.11. The quantitative estimate of drug-likeness (QED) is 0.462. The molecule has 1 saturated carbocycles. The number of hydrogen-bond donors (Lipinski definition) is 2. The predicted molar refractivity (Wildman–Crippen MR) is 127 cm³/mol. The number of ether oxygens (including phenoxy) is 2. The van der Waals surface area contributed by atoms with Crippen LogP contribution in [0.25, 0.3) is 6.08 Å². The van der Waals surface area contributed by atoms with Crippen molar-refractivity contribution in [3.63, 3.8) is 0 Å². The van der Waals surface area contributed by atoms with Gasteiger partial charge >= 0.3 is 0 Å². The molecule has 0 unspecified atom stereocenters. The zero-order chi connectivity index (χ0) is 23.6. The summed E-state index contributed by atoms with van der Waals surface area (Å²) in [5.74, 6) is 0.128. The molecule has 7 nitrogen and oxygen atoms in total. The largest absolute Gasteiger partial charge is 0.493 e. The van der Waals surface area contributed by atoms with Crippen molar-refractivity contribution in [2.75, 3.05) is 19.0 Å². The van der Waals surface area contributed by atoms with Gasteiger partial charge in [0.1, 0.15) is 11.6 Å². The van der Waals surface area contributed by atoms with Crippen LogP contribution in [0.15, 0.2) is 48.0 Å². The molecule has 3 rings (SSSR count). The first-order valence-corrected chi connectivity index (χ1v) is 11.1. The van der Waals surface area contributed by atoms with E-state index in [4.69, 9.17) is 9.47 Å². The first-order valence-electron chi connectivity index (χ1n) is 11.1. The zero-order valence-electron chi connectivity index (χ0n) is 19.0. The number of rotatable bonds is 8. The molecule has 33 heavy (non-hydrogen) atoms. The van der Waals surface area contributed by atoms with Gasteiger partial charge in [0.15, 0.2) is 18.1 Å². The maximum absolute atomic E-state index is 12.5. The van der Waals surface area contributed by atoms with Gasteiger partial charge in [-0.05, 0) is 55.7 Å². The van der Waals surface area contributed by atoms with Crippen molar-refractivity contribution in [2.45, 2.75) is 45.1 Å². The number of nitriles is 1. The Morgan fingerprint density at radius 1 is 1.09 bits per heavy atom. The lowest BCUT2D eigenvalue weighted by Crippen LogP contribution is -2.36. The number of hydrogen-bond acceptors (Lipinski definition) is 5. The molecule has 1 aliphatic carbocycles. The molecule has 0 radical (unpaired) electrons. The van der Waals surface area contributed by atoms with Crippen molar-refractivity contribution in [1.82, 2.24) is 5.32 Å². The first kappa shape index (κ1) is 23.9. The molecule has 2 aromatic rings. The van der Waals surface area contributed by atoms with Crippen molar-refractivity contribution in [3.8, 4) is 17.6 Å². The summed E-state index contributed by atoms with van der Waals surface area (Å²) >= 11 is 0. The zero-order valence-corrected chi connectivity index (χ0v) is 19.0. The molecule has 1 fully saturated rings. The number of carbonyl (C=O) groups excluding carboxylic acids is 2. The van der Waals surface area contributed by atoms with Gasteiger partial charge in [-0.3, -0.25) is 9.59 Å². The van der Waals surface area contributed by atoms with E-state index in [0.29, 0.717) is 22.7 Å². The molecule has 1 aliphatic rings. The number of nitrogens with one attached hydrogen (secondary N) is 2. The van der Waals surface area contributed by atoms with E-state index in [1.807, 2.05) is 37.3 Å². The Balaban J connectivity index is 1.62. The minimum absolute atomic E-state index is 0.0359. The Kier molecular flexibility index (Phi) is 8.48. The van der Waals surface area contributed by atoms with E-state index in [0.717, 1.165) is 31.2 Å². The van der Waals surface area contributed by atoms with Crippen LogP contribution in [0, 0.1) is 18.3 Å². The summed E-state index contributed by atoms with van der Waals surface area (Å²) in [5.41, 5.74) is 2.46. The van der Waals surface area contributed by atoms with E-state index in [1.54, 1.807) is 18.2 Å². The van der Waals surface area contributed by atoms with Crippen molar-refractivity contribution >= 4 is 23.6 Å². The normalized spacial score (nSPS) is 14.2. The minimum atomic E-state index is -0.364. The van der Waals surface area contributed by atoms with Crippen LogP contribution in [-0.2, 0) is 9.59 Å². The van der Waals surface area contributed by atoms with Gasteiger partial charge in [0, 0.05) is 11.7 Å². The van der Waals surface area contributed by atoms with Gasteiger partial charge in [-0.15, -0.1) is 0 Å². The lowest BCUT2D eigenvalue weighted by molar-refractivity contribution is -0.118. The lowest BCUT2D eigenvalue weighted by Gasteiger charge is -2.22. The topological polar surface area (TPSA) is 100 Å². The Bertz CT molecular complexity index is 1050. The van der Waals surface area contributed by atoms with E-state index in [9.17, 15) is 14.9 Å². The molecule has 0 saturated heterocycles. The summed E-state index contributed by atoms with van der Waals surface area (Å²) in [5, 5.41) is 15.2. The van der Waals surface area contributed by atoms with E-state index in [-0.39, 0.29) is 30.0 Å². The highest BCUT2D eigenvalue weighted by Gasteiger charge is 2.18. The third-order valence-corrected chi connectivity index (χ3v) is 5.50. The fourth-order valence-electron chi connectivity index (χ4n) is 3.70. The van der Waals surface area contributed by atoms with Crippen LogP contribution in [0.3, 0.4) is 0 Å². The molecule has 0 atom stereocenters. The summed E-state index contributed by atoms with van der Waals surface area (Å²) < 4.78 is 11.0. The van der Waals surface area contributed by atoms with Crippen molar-refractivity contribution in [2.24, 2.45) is 0 Å². The van der Waals surface area contributed by atoms with E-state index in [1.165, 1.54) is 19.6 Å². The van der Waals surface area contributed by atoms with Crippen LogP contribution < -0.4 is 20.1 Å². The Hall–Kier alpha value is -3.79. The van der Waals surface area contributed by atoms with Crippen LogP contribution in [-0.4, -0.2) is 31.6 Å².